The Labute approximate surface area is 72.1 Å². The Morgan fingerprint density at radius 1 is 1.36 bits per heavy atom. The molecule has 0 aromatic rings. The first-order chi connectivity index (χ1) is 5.20. The minimum Gasteiger partial charge on any atom is -0.300 e. The van der Waals surface area contributed by atoms with E-state index in [9.17, 15) is 4.79 Å². The lowest BCUT2D eigenvalue weighted by atomic mass is 9.86. The summed E-state index contributed by atoms with van der Waals surface area (Å²) in [7, 11) is 0. The molecule has 2 bridgehead atoms. The predicted octanol–water partition coefficient (Wildman–Crippen LogP) is 2.23. The van der Waals surface area contributed by atoms with Crippen LogP contribution in [0.2, 0.25) is 0 Å². The van der Waals surface area contributed by atoms with E-state index in [4.69, 9.17) is 11.6 Å². The molecule has 1 unspecified atom stereocenters. The third kappa shape index (κ3) is 1.01. The molecule has 62 valence electrons. The van der Waals surface area contributed by atoms with Gasteiger partial charge in [-0.2, -0.15) is 0 Å². The van der Waals surface area contributed by atoms with Crippen molar-refractivity contribution in [1.82, 2.24) is 0 Å². The molecule has 0 spiro atoms. The lowest BCUT2D eigenvalue weighted by Gasteiger charge is -2.23. The highest BCUT2D eigenvalue weighted by molar-refractivity contribution is 6.22. The van der Waals surface area contributed by atoms with Gasteiger partial charge in [-0.1, -0.05) is 0 Å². The van der Waals surface area contributed by atoms with Gasteiger partial charge >= 0.3 is 0 Å². The number of ketones is 1. The molecule has 0 amide bonds. The SMILES string of the molecule is CC(=O)[C@@H]1C(Cl)[C@@H]2CC[C@H]1C2. The van der Waals surface area contributed by atoms with Gasteiger partial charge in [0.25, 0.3) is 0 Å². The maximum Gasteiger partial charge on any atom is 0.134 e. The monoisotopic (exact) mass is 172 g/mol. The topological polar surface area (TPSA) is 17.1 Å². The Bertz CT molecular complexity index is 188. The van der Waals surface area contributed by atoms with E-state index in [1.165, 1.54) is 19.3 Å². The number of fused-ring (bicyclic) bond motifs is 2. The zero-order valence-corrected chi connectivity index (χ0v) is 7.47. The number of rotatable bonds is 1. The number of carbonyl (C=O) groups is 1. The van der Waals surface area contributed by atoms with Gasteiger partial charge in [-0.15, -0.1) is 11.6 Å². The van der Waals surface area contributed by atoms with Crippen LogP contribution < -0.4 is 0 Å². The first-order valence-electron chi connectivity index (χ1n) is 4.34. The van der Waals surface area contributed by atoms with Crippen LogP contribution in [0.4, 0.5) is 0 Å². The Morgan fingerprint density at radius 3 is 2.36 bits per heavy atom. The first kappa shape index (κ1) is 7.60. The van der Waals surface area contributed by atoms with Crippen LogP contribution in [-0.2, 0) is 4.79 Å². The Balaban J connectivity index is 2.17. The molecule has 11 heavy (non-hydrogen) atoms. The molecule has 0 radical (unpaired) electrons. The van der Waals surface area contributed by atoms with Crippen molar-refractivity contribution in [3.63, 3.8) is 0 Å². The summed E-state index contributed by atoms with van der Waals surface area (Å²) in [4.78, 5) is 11.2. The fraction of sp³-hybridized carbons (Fsp3) is 0.889. The number of hydrogen-bond acceptors (Lipinski definition) is 1. The van der Waals surface area contributed by atoms with Crippen LogP contribution in [0.15, 0.2) is 0 Å². The molecular formula is C9H13ClO. The Morgan fingerprint density at radius 2 is 2.00 bits per heavy atom. The number of Topliss-reactive ketones (excluding diaryl/α,β-unsaturated/α-hetero) is 1. The molecule has 2 aliphatic carbocycles. The quantitative estimate of drug-likeness (QED) is 0.555. The second-order valence-corrected chi connectivity index (χ2v) is 4.42. The highest BCUT2D eigenvalue weighted by Gasteiger charge is 2.48. The van der Waals surface area contributed by atoms with Crippen molar-refractivity contribution < 1.29 is 4.79 Å². The van der Waals surface area contributed by atoms with E-state index in [0.29, 0.717) is 17.6 Å². The summed E-state index contributed by atoms with van der Waals surface area (Å²) in [5.41, 5.74) is 0. The van der Waals surface area contributed by atoms with Crippen molar-refractivity contribution >= 4 is 17.4 Å². The summed E-state index contributed by atoms with van der Waals surface area (Å²) in [6.07, 6.45) is 3.69. The zero-order chi connectivity index (χ0) is 8.01. The molecule has 2 saturated carbocycles. The van der Waals surface area contributed by atoms with Crippen LogP contribution in [0.3, 0.4) is 0 Å². The average Bonchev–Trinajstić information content (AvgIpc) is 2.44. The molecule has 0 heterocycles. The summed E-state index contributed by atoms with van der Waals surface area (Å²) < 4.78 is 0. The second kappa shape index (κ2) is 2.48. The van der Waals surface area contributed by atoms with E-state index in [1.54, 1.807) is 6.92 Å². The lowest BCUT2D eigenvalue weighted by Crippen LogP contribution is -2.28. The van der Waals surface area contributed by atoms with Crippen LogP contribution in [0.1, 0.15) is 26.2 Å². The van der Waals surface area contributed by atoms with E-state index in [1.807, 2.05) is 0 Å². The highest BCUT2D eigenvalue weighted by atomic mass is 35.5. The van der Waals surface area contributed by atoms with Gasteiger partial charge in [-0.3, -0.25) is 4.79 Å². The molecule has 0 saturated heterocycles. The van der Waals surface area contributed by atoms with Crippen molar-refractivity contribution in [2.75, 3.05) is 0 Å². The Kier molecular flexibility index (Phi) is 1.71. The van der Waals surface area contributed by atoms with Gasteiger partial charge in [0.1, 0.15) is 5.78 Å². The van der Waals surface area contributed by atoms with Gasteiger partial charge in [0.15, 0.2) is 0 Å². The van der Waals surface area contributed by atoms with Gasteiger partial charge in [0.05, 0.1) is 0 Å². The molecule has 2 heteroatoms. The van der Waals surface area contributed by atoms with Gasteiger partial charge in [-0.05, 0) is 38.0 Å². The summed E-state index contributed by atoms with van der Waals surface area (Å²) >= 11 is 6.15. The maximum atomic E-state index is 11.2. The largest absolute Gasteiger partial charge is 0.300 e. The fourth-order valence-electron chi connectivity index (χ4n) is 2.78. The lowest BCUT2D eigenvalue weighted by molar-refractivity contribution is -0.122. The third-order valence-corrected chi connectivity index (χ3v) is 3.91. The van der Waals surface area contributed by atoms with E-state index < -0.39 is 0 Å². The normalized spacial score (nSPS) is 48.2. The molecule has 2 rings (SSSR count). The van der Waals surface area contributed by atoms with Crippen molar-refractivity contribution in [2.45, 2.75) is 31.6 Å². The summed E-state index contributed by atoms with van der Waals surface area (Å²) in [5, 5.41) is 0.159. The Hall–Kier alpha value is -0.0400. The van der Waals surface area contributed by atoms with E-state index in [-0.39, 0.29) is 11.3 Å². The molecule has 4 atom stereocenters. The molecule has 0 aromatic carbocycles. The van der Waals surface area contributed by atoms with Gasteiger partial charge in [0, 0.05) is 11.3 Å². The van der Waals surface area contributed by atoms with Crippen LogP contribution in [0.5, 0.6) is 0 Å². The van der Waals surface area contributed by atoms with E-state index in [2.05, 4.69) is 0 Å². The van der Waals surface area contributed by atoms with Crippen molar-refractivity contribution in [3.05, 3.63) is 0 Å². The van der Waals surface area contributed by atoms with Gasteiger partial charge < -0.3 is 0 Å². The molecule has 0 N–H and O–H groups in total. The average molecular weight is 173 g/mol. The minimum atomic E-state index is 0.159. The maximum absolute atomic E-state index is 11.2. The molecule has 2 fully saturated rings. The van der Waals surface area contributed by atoms with Gasteiger partial charge in [0.2, 0.25) is 0 Å². The number of carbonyl (C=O) groups excluding carboxylic acids is 1. The summed E-state index contributed by atoms with van der Waals surface area (Å²) in [5.74, 6) is 1.77. The van der Waals surface area contributed by atoms with Crippen LogP contribution in [0, 0.1) is 17.8 Å². The van der Waals surface area contributed by atoms with Crippen molar-refractivity contribution in [2.24, 2.45) is 17.8 Å². The van der Waals surface area contributed by atoms with Crippen LogP contribution >= 0.6 is 11.6 Å². The molecule has 1 nitrogen and oxygen atoms in total. The van der Waals surface area contributed by atoms with Gasteiger partial charge in [-0.25, -0.2) is 0 Å². The van der Waals surface area contributed by atoms with E-state index in [0.717, 1.165) is 0 Å². The van der Waals surface area contributed by atoms with Crippen LogP contribution in [-0.4, -0.2) is 11.2 Å². The molecular weight excluding hydrogens is 160 g/mol. The first-order valence-corrected chi connectivity index (χ1v) is 4.78. The summed E-state index contributed by atoms with van der Waals surface area (Å²) in [6.45, 7) is 1.68. The standard InChI is InChI=1S/C9H13ClO/c1-5(11)8-6-2-3-7(4-6)9(8)10/h6-9H,2-4H2,1H3/t6-,7+,8-,9?/m0/s1. The van der Waals surface area contributed by atoms with E-state index >= 15 is 0 Å². The second-order valence-electron chi connectivity index (χ2n) is 3.91. The molecule has 2 aliphatic rings. The predicted molar refractivity (Wildman–Crippen MR) is 44.6 cm³/mol. The smallest absolute Gasteiger partial charge is 0.134 e. The number of hydrogen-bond donors (Lipinski definition) is 0. The third-order valence-electron chi connectivity index (χ3n) is 3.28. The van der Waals surface area contributed by atoms with Crippen molar-refractivity contribution in [1.29, 1.82) is 0 Å². The number of halogens is 1. The minimum absolute atomic E-state index is 0.159. The highest BCUT2D eigenvalue weighted by Crippen LogP contribution is 2.51. The number of alkyl halides is 1. The van der Waals surface area contributed by atoms with Crippen LogP contribution in [0.25, 0.3) is 0 Å². The zero-order valence-electron chi connectivity index (χ0n) is 6.72. The van der Waals surface area contributed by atoms with Crippen molar-refractivity contribution in [3.8, 4) is 0 Å². The molecule has 0 aliphatic heterocycles. The fourth-order valence-corrected chi connectivity index (χ4v) is 3.39. The summed E-state index contributed by atoms with van der Waals surface area (Å²) in [6, 6.07) is 0. The molecule has 0 aromatic heterocycles.